The monoisotopic (exact) mass is 493 g/mol. The number of hydrogen-bond donors (Lipinski definition) is 1. The Morgan fingerprint density at radius 3 is 2.63 bits per heavy atom. The predicted molar refractivity (Wildman–Crippen MR) is 122 cm³/mol. The first-order valence-corrected chi connectivity index (χ1v) is 11.1. The van der Waals surface area contributed by atoms with Gasteiger partial charge in [-0.25, -0.2) is 9.50 Å². The molecular formula is C23H26F3N5O4. The number of aliphatic hydroxyl groups excluding tert-OH is 1. The number of rotatable bonds is 8. The highest BCUT2D eigenvalue weighted by atomic mass is 19.4. The van der Waals surface area contributed by atoms with Crippen molar-refractivity contribution in [3.63, 3.8) is 0 Å². The molecule has 0 radical (unpaired) electrons. The van der Waals surface area contributed by atoms with E-state index in [0.29, 0.717) is 18.7 Å². The molecule has 0 unspecified atom stereocenters. The summed E-state index contributed by atoms with van der Waals surface area (Å²) in [4.78, 5) is 19.8. The van der Waals surface area contributed by atoms with Crippen LogP contribution in [0, 0.1) is 0 Å². The lowest BCUT2D eigenvalue weighted by atomic mass is 10.2. The van der Waals surface area contributed by atoms with E-state index in [2.05, 4.69) is 10.1 Å². The van der Waals surface area contributed by atoms with Crippen LogP contribution in [0.2, 0.25) is 0 Å². The van der Waals surface area contributed by atoms with Crippen LogP contribution in [0.15, 0.2) is 36.5 Å². The van der Waals surface area contributed by atoms with E-state index in [1.54, 1.807) is 54.2 Å². The number of imidazole rings is 1. The second-order valence-electron chi connectivity index (χ2n) is 8.16. The fourth-order valence-corrected chi connectivity index (χ4v) is 4.01. The number of alkyl halides is 3. The van der Waals surface area contributed by atoms with Gasteiger partial charge in [-0.05, 0) is 31.0 Å². The summed E-state index contributed by atoms with van der Waals surface area (Å²) in [5.74, 6) is 0.364. The third kappa shape index (κ3) is 5.42. The number of aliphatic hydroxyl groups is 1. The summed E-state index contributed by atoms with van der Waals surface area (Å²) in [5.41, 5.74) is 0.0103. The van der Waals surface area contributed by atoms with Crippen LogP contribution in [0.1, 0.15) is 24.6 Å². The summed E-state index contributed by atoms with van der Waals surface area (Å²) in [6, 6.07) is 8.73. The topological polar surface area (TPSA) is 92.4 Å². The predicted octanol–water partition coefficient (Wildman–Crippen LogP) is 2.90. The quantitative estimate of drug-likeness (QED) is 0.479. The lowest BCUT2D eigenvalue weighted by molar-refractivity contribution is -0.143. The zero-order chi connectivity index (χ0) is 25.2. The molecule has 12 heteroatoms. The van der Waals surface area contributed by atoms with Crippen LogP contribution in [-0.2, 0) is 22.3 Å². The third-order valence-corrected chi connectivity index (χ3v) is 5.71. The molecule has 2 aromatic heterocycles. The maximum absolute atomic E-state index is 13.7. The van der Waals surface area contributed by atoms with Crippen LogP contribution in [0.3, 0.4) is 0 Å². The number of nitrogens with zero attached hydrogens (tertiary/aromatic N) is 5. The number of ether oxygens (including phenoxy) is 2. The normalized spacial score (nSPS) is 16.1. The lowest BCUT2D eigenvalue weighted by Crippen LogP contribution is -2.32. The number of halogens is 3. The van der Waals surface area contributed by atoms with E-state index in [9.17, 15) is 23.1 Å². The van der Waals surface area contributed by atoms with Crippen LogP contribution >= 0.6 is 0 Å². The van der Waals surface area contributed by atoms with Crippen molar-refractivity contribution in [2.45, 2.75) is 32.2 Å². The van der Waals surface area contributed by atoms with Gasteiger partial charge in [0.25, 0.3) is 0 Å². The Bertz CT molecular complexity index is 1180. The molecule has 1 aliphatic rings. The maximum Gasteiger partial charge on any atom is 0.435 e. The van der Waals surface area contributed by atoms with Crippen molar-refractivity contribution in [1.82, 2.24) is 14.6 Å². The highest BCUT2D eigenvalue weighted by molar-refractivity contribution is 5.80. The van der Waals surface area contributed by atoms with Crippen LogP contribution in [0.25, 0.3) is 5.65 Å². The van der Waals surface area contributed by atoms with Gasteiger partial charge >= 0.3 is 12.1 Å². The molecule has 3 heterocycles. The van der Waals surface area contributed by atoms with Gasteiger partial charge in [0.15, 0.2) is 17.2 Å². The minimum atomic E-state index is -4.69. The molecule has 188 valence electrons. The van der Waals surface area contributed by atoms with Crippen molar-refractivity contribution < 1.29 is 32.5 Å². The first kappa shape index (κ1) is 24.6. The molecule has 1 saturated heterocycles. The summed E-state index contributed by atoms with van der Waals surface area (Å²) < 4.78 is 52.2. The molecule has 0 spiro atoms. The molecule has 0 saturated carbocycles. The van der Waals surface area contributed by atoms with Crippen LogP contribution < -0.4 is 14.5 Å². The number of esters is 1. The Morgan fingerprint density at radius 1 is 1.29 bits per heavy atom. The Balaban J connectivity index is 1.83. The summed E-state index contributed by atoms with van der Waals surface area (Å²) in [6.45, 7) is 2.50. The van der Waals surface area contributed by atoms with Crippen molar-refractivity contribution in [3.8, 4) is 5.75 Å². The zero-order valence-corrected chi connectivity index (χ0v) is 19.3. The van der Waals surface area contributed by atoms with Gasteiger partial charge in [-0.1, -0.05) is 12.1 Å². The zero-order valence-electron chi connectivity index (χ0n) is 19.3. The van der Waals surface area contributed by atoms with Crippen molar-refractivity contribution in [3.05, 3.63) is 47.8 Å². The number of aromatic nitrogens is 3. The number of β-amino-alcohol motifs (C(OH)–C–C–N with tert-alkyl or cyclic N) is 1. The fourth-order valence-electron chi connectivity index (χ4n) is 4.01. The minimum Gasteiger partial charge on any atom is -0.497 e. The van der Waals surface area contributed by atoms with Gasteiger partial charge in [0.2, 0.25) is 0 Å². The van der Waals surface area contributed by atoms with E-state index in [1.807, 2.05) is 0 Å². The van der Waals surface area contributed by atoms with Gasteiger partial charge in [0.1, 0.15) is 12.3 Å². The molecule has 1 aliphatic heterocycles. The number of carbonyl (C=O) groups excluding carboxylic acids is 1. The van der Waals surface area contributed by atoms with Gasteiger partial charge in [-0.3, -0.25) is 4.79 Å². The smallest absolute Gasteiger partial charge is 0.435 e. The molecule has 1 aromatic carbocycles. The molecule has 1 atom stereocenters. The van der Waals surface area contributed by atoms with Gasteiger partial charge in [-0.2, -0.15) is 13.2 Å². The summed E-state index contributed by atoms with van der Waals surface area (Å²) in [5, 5.41) is 14.2. The van der Waals surface area contributed by atoms with Crippen LogP contribution in [0.4, 0.5) is 24.7 Å². The SMILES string of the molecule is CCOC(=O)CN(Cc1ccc(OC)cc1)c1cc(N2CC[C@@H](O)C2)nn2c(C(F)(F)F)cnc12. The molecule has 1 fully saturated rings. The molecule has 3 aromatic rings. The van der Waals surface area contributed by atoms with Gasteiger partial charge < -0.3 is 24.4 Å². The Labute approximate surface area is 199 Å². The average molecular weight is 493 g/mol. The number of fused-ring (bicyclic) bond motifs is 1. The molecule has 35 heavy (non-hydrogen) atoms. The molecule has 1 N–H and O–H groups in total. The lowest BCUT2D eigenvalue weighted by Gasteiger charge is -2.26. The highest BCUT2D eigenvalue weighted by Gasteiger charge is 2.37. The number of benzene rings is 1. The number of carbonyl (C=O) groups is 1. The Morgan fingerprint density at radius 2 is 2.03 bits per heavy atom. The van der Waals surface area contributed by atoms with Gasteiger partial charge in [-0.15, -0.1) is 5.10 Å². The van der Waals surface area contributed by atoms with Crippen LogP contribution in [0.5, 0.6) is 5.75 Å². The van der Waals surface area contributed by atoms with E-state index in [-0.39, 0.29) is 43.4 Å². The minimum absolute atomic E-state index is 0.0429. The van der Waals surface area contributed by atoms with Crippen molar-refractivity contribution in [2.75, 3.05) is 43.2 Å². The molecule has 0 bridgehead atoms. The summed E-state index contributed by atoms with van der Waals surface area (Å²) in [6.07, 6.45) is -4.08. The fraction of sp³-hybridized carbons (Fsp3) is 0.435. The van der Waals surface area contributed by atoms with E-state index < -0.39 is 23.9 Å². The molecule has 0 amide bonds. The molecule has 0 aliphatic carbocycles. The highest BCUT2D eigenvalue weighted by Crippen LogP contribution is 2.34. The van der Waals surface area contributed by atoms with Crippen molar-refractivity contribution in [2.24, 2.45) is 0 Å². The van der Waals surface area contributed by atoms with Crippen LogP contribution in [-0.4, -0.2) is 65.1 Å². The third-order valence-electron chi connectivity index (χ3n) is 5.71. The molecular weight excluding hydrogens is 467 g/mol. The van der Waals surface area contributed by atoms with E-state index in [0.717, 1.165) is 16.3 Å². The second-order valence-corrected chi connectivity index (χ2v) is 8.16. The van der Waals surface area contributed by atoms with Gasteiger partial charge in [0, 0.05) is 25.7 Å². The number of methoxy groups -OCH3 is 1. The first-order chi connectivity index (χ1) is 16.7. The van der Waals surface area contributed by atoms with Crippen molar-refractivity contribution >= 4 is 23.1 Å². The maximum atomic E-state index is 13.7. The van der Waals surface area contributed by atoms with E-state index in [4.69, 9.17) is 9.47 Å². The standard InChI is InChI=1S/C23H26F3N5O4/c1-3-35-21(33)14-30(12-15-4-6-17(34-2)7-5-15)18-10-20(29-9-8-16(32)13-29)28-31-19(23(24,25)26)11-27-22(18)31/h4-7,10-11,16,32H,3,8-9,12-14H2,1-2H3/t16-/m1/s1. The Hall–Kier alpha value is -3.54. The first-order valence-electron chi connectivity index (χ1n) is 11.1. The number of hydrogen-bond acceptors (Lipinski definition) is 8. The second kappa shape index (κ2) is 9.98. The number of anilines is 2. The van der Waals surface area contributed by atoms with E-state index in [1.165, 1.54) is 0 Å². The average Bonchev–Trinajstić information content (AvgIpc) is 3.45. The molecule has 9 nitrogen and oxygen atoms in total. The van der Waals surface area contributed by atoms with Crippen molar-refractivity contribution in [1.29, 1.82) is 0 Å². The molecule has 4 rings (SSSR count). The van der Waals surface area contributed by atoms with Gasteiger partial charge in [0.05, 0.1) is 31.7 Å². The summed E-state index contributed by atoms with van der Waals surface area (Å²) >= 11 is 0. The van der Waals surface area contributed by atoms with E-state index >= 15 is 0 Å². The Kier molecular flexibility index (Phi) is 7.01. The largest absolute Gasteiger partial charge is 0.497 e. The summed E-state index contributed by atoms with van der Waals surface area (Å²) in [7, 11) is 1.54.